The van der Waals surface area contributed by atoms with E-state index in [1.807, 2.05) is 18.3 Å². The molecule has 3 nitrogen and oxygen atoms in total. The van der Waals surface area contributed by atoms with E-state index in [1.54, 1.807) is 0 Å². The molecule has 1 aromatic heterocycles. The molecular formula is C13H19N2O. The van der Waals surface area contributed by atoms with Crippen LogP contribution in [0.15, 0.2) is 24.4 Å². The van der Waals surface area contributed by atoms with Gasteiger partial charge in [-0.05, 0) is 18.1 Å². The molecule has 0 N–H and O–H groups in total. The second-order valence-corrected chi connectivity index (χ2v) is 4.53. The van der Waals surface area contributed by atoms with Crippen molar-refractivity contribution in [2.24, 2.45) is 0 Å². The molecule has 0 spiro atoms. The number of nitrogens with zero attached hydrogens (tertiary/aromatic N) is 2. The SMILES string of the molecule is C[C](C)CN1CCOC1Cc1ccccn1. The monoisotopic (exact) mass is 219 g/mol. The standard InChI is InChI=1S/C13H19N2O/c1-11(2)10-15-7-8-16-13(15)9-12-5-3-4-6-14-12/h3-6,13H,7-10H2,1-2H3. The van der Waals surface area contributed by atoms with Crippen molar-refractivity contribution >= 4 is 0 Å². The number of hydrogen-bond acceptors (Lipinski definition) is 3. The lowest BCUT2D eigenvalue weighted by atomic mass is 10.2. The van der Waals surface area contributed by atoms with Gasteiger partial charge in [-0.1, -0.05) is 19.9 Å². The molecule has 1 aliphatic rings. The molecule has 1 radical (unpaired) electrons. The van der Waals surface area contributed by atoms with Crippen LogP contribution in [0.25, 0.3) is 0 Å². The van der Waals surface area contributed by atoms with E-state index in [0.29, 0.717) is 0 Å². The highest BCUT2D eigenvalue weighted by atomic mass is 16.5. The Kier molecular flexibility index (Phi) is 3.91. The largest absolute Gasteiger partial charge is 0.361 e. The Morgan fingerprint density at radius 1 is 1.50 bits per heavy atom. The van der Waals surface area contributed by atoms with Gasteiger partial charge in [-0.3, -0.25) is 9.88 Å². The molecule has 1 atom stereocenters. The highest BCUT2D eigenvalue weighted by Gasteiger charge is 2.26. The van der Waals surface area contributed by atoms with E-state index >= 15 is 0 Å². The van der Waals surface area contributed by atoms with Crippen molar-refractivity contribution in [3.8, 4) is 0 Å². The van der Waals surface area contributed by atoms with Gasteiger partial charge in [0.1, 0.15) is 6.23 Å². The lowest BCUT2D eigenvalue weighted by Crippen LogP contribution is -2.34. The van der Waals surface area contributed by atoms with Crippen LogP contribution in [-0.4, -0.2) is 35.8 Å². The summed E-state index contributed by atoms with van der Waals surface area (Å²) < 4.78 is 5.74. The average molecular weight is 219 g/mol. The third-order valence-corrected chi connectivity index (χ3v) is 2.73. The molecule has 1 saturated heterocycles. The van der Waals surface area contributed by atoms with Gasteiger partial charge in [-0.25, -0.2) is 0 Å². The lowest BCUT2D eigenvalue weighted by molar-refractivity contribution is 0.0359. The molecule has 1 fully saturated rings. The number of rotatable bonds is 4. The van der Waals surface area contributed by atoms with Crippen molar-refractivity contribution in [3.63, 3.8) is 0 Å². The number of aromatic nitrogens is 1. The summed E-state index contributed by atoms with van der Waals surface area (Å²) in [6.07, 6.45) is 2.92. The van der Waals surface area contributed by atoms with Gasteiger partial charge in [-0.15, -0.1) is 0 Å². The van der Waals surface area contributed by atoms with Gasteiger partial charge in [0, 0.05) is 31.4 Å². The van der Waals surface area contributed by atoms with Crippen LogP contribution in [0, 0.1) is 5.92 Å². The second kappa shape index (κ2) is 5.41. The molecule has 1 aromatic rings. The predicted molar refractivity (Wildman–Crippen MR) is 63.8 cm³/mol. The first-order valence-corrected chi connectivity index (χ1v) is 5.80. The summed E-state index contributed by atoms with van der Waals surface area (Å²) in [4.78, 5) is 6.72. The van der Waals surface area contributed by atoms with Gasteiger partial charge in [0.15, 0.2) is 0 Å². The molecule has 0 amide bonds. The Bertz CT molecular complexity index is 313. The molecule has 0 aromatic carbocycles. The maximum Gasteiger partial charge on any atom is 0.116 e. The third kappa shape index (κ3) is 3.03. The van der Waals surface area contributed by atoms with E-state index in [2.05, 4.69) is 29.8 Å². The topological polar surface area (TPSA) is 25.4 Å². The molecule has 2 rings (SSSR count). The molecule has 3 heteroatoms. The summed E-state index contributed by atoms with van der Waals surface area (Å²) in [7, 11) is 0. The lowest BCUT2D eigenvalue weighted by Gasteiger charge is -2.24. The summed E-state index contributed by atoms with van der Waals surface area (Å²) in [5.41, 5.74) is 1.10. The molecule has 16 heavy (non-hydrogen) atoms. The van der Waals surface area contributed by atoms with Crippen LogP contribution in [-0.2, 0) is 11.2 Å². The smallest absolute Gasteiger partial charge is 0.116 e. The van der Waals surface area contributed by atoms with E-state index in [-0.39, 0.29) is 6.23 Å². The quantitative estimate of drug-likeness (QED) is 0.773. The molecule has 87 valence electrons. The first kappa shape index (κ1) is 11.6. The zero-order chi connectivity index (χ0) is 11.4. The van der Waals surface area contributed by atoms with Crippen molar-refractivity contribution in [2.45, 2.75) is 26.5 Å². The maximum atomic E-state index is 5.74. The Hall–Kier alpha value is -0.930. The van der Waals surface area contributed by atoms with Crippen LogP contribution in [0.1, 0.15) is 19.5 Å². The Morgan fingerprint density at radius 3 is 3.06 bits per heavy atom. The highest BCUT2D eigenvalue weighted by molar-refractivity contribution is 5.05. The van der Waals surface area contributed by atoms with Crippen molar-refractivity contribution in [1.82, 2.24) is 9.88 Å². The number of pyridine rings is 1. The normalized spacial score (nSPS) is 21.8. The van der Waals surface area contributed by atoms with Crippen molar-refractivity contribution in [1.29, 1.82) is 0 Å². The molecule has 0 bridgehead atoms. The summed E-state index contributed by atoms with van der Waals surface area (Å²) in [5.74, 6) is 1.43. The predicted octanol–water partition coefficient (Wildman–Crippen LogP) is 1.90. The fourth-order valence-electron chi connectivity index (χ4n) is 2.03. The fourth-order valence-corrected chi connectivity index (χ4v) is 2.03. The number of hydrogen-bond donors (Lipinski definition) is 0. The minimum Gasteiger partial charge on any atom is -0.361 e. The highest BCUT2D eigenvalue weighted by Crippen LogP contribution is 2.16. The summed E-state index contributed by atoms with van der Waals surface area (Å²) in [5, 5.41) is 0. The Morgan fingerprint density at radius 2 is 2.38 bits per heavy atom. The van der Waals surface area contributed by atoms with E-state index in [0.717, 1.165) is 31.8 Å². The molecule has 2 heterocycles. The van der Waals surface area contributed by atoms with E-state index in [9.17, 15) is 0 Å². The van der Waals surface area contributed by atoms with Gasteiger partial charge in [0.2, 0.25) is 0 Å². The second-order valence-electron chi connectivity index (χ2n) is 4.53. The van der Waals surface area contributed by atoms with Crippen LogP contribution in [0.2, 0.25) is 0 Å². The van der Waals surface area contributed by atoms with Gasteiger partial charge < -0.3 is 4.74 Å². The van der Waals surface area contributed by atoms with Gasteiger partial charge in [-0.2, -0.15) is 0 Å². The van der Waals surface area contributed by atoms with Gasteiger partial charge in [0.05, 0.1) is 6.61 Å². The number of ether oxygens (including phenoxy) is 1. The summed E-state index contributed by atoms with van der Waals surface area (Å²) >= 11 is 0. The Balaban J connectivity index is 1.93. The van der Waals surface area contributed by atoms with Crippen LogP contribution in [0.5, 0.6) is 0 Å². The summed E-state index contributed by atoms with van der Waals surface area (Å²) in [6, 6.07) is 6.03. The first-order chi connectivity index (χ1) is 7.75. The van der Waals surface area contributed by atoms with Crippen LogP contribution >= 0.6 is 0 Å². The van der Waals surface area contributed by atoms with Gasteiger partial charge >= 0.3 is 0 Å². The van der Waals surface area contributed by atoms with Crippen molar-refractivity contribution in [3.05, 3.63) is 36.0 Å². The molecule has 0 aliphatic carbocycles. The van der Waals surface area contributed by atoms with Gasteiger partial charge in [0.25, 0.3) is 0 Å². The molecular weight excluding hydrogens is 200 g/mol. The Labute approximate surface area is 97.4 Å². The fraction of sp³-hybridized carbons (Fsp3) is 0.538. The average Bonchev–Trinajstić information content (AvgIpc) is 2.66. The molecule has 0 saturated carbocycles. The third-order valence-electron chi connectivity index (χ3n) is 2.73. The van der Waals surface area contributed by atoms with E-state index in [4.69, 9.17) is 4.74 Å². The minimum absolute atomic E-state index is 0.199. The van der Waals surface area contributed by atoms with Crippen LogP contribution in [0.4, 0.5) is 0 Å². The minimum atomic E-state index is 0.199. The van der Waals surface area contributed by atoms with E-state index in [1.165, 1.54) is 5.92 Å². The van der Waals surface area contributed by atoms with Crippen LogP contribution in [0.3, 0.4) is 0 Å². The molecule has 1 unspecified atom stereocenters. The van der Waals surface area contributed by atoms with E-state index < -0.39 is 0 Å². The van der Waals surface area contributed by atoms with Crippen molar-refractivity contribution in [2.75, 3.05) is 19.7 Å². The maximum absolute atomic E-state index is 5.74. The zero-order valence-corrected chi connectivity index (χ0v) is 10.0. The summed E-state index contributed by atoms with van der Waals surface area (Å²) in [6.45, 7) is 7.22. The zero-order valence-electron chi connectivity index (χ0n) is 10.0. The van der Waals surface area contributed by atoms with Crippen LogP contribution < -0.4 is 0 Å². The van der Waals surface area contributed by atoms with Crippen molar-refractivity contribution < 1.29 is 4.74 Å². The molecule has 1 aliphatic heterocycles. The first-order valence-electron chi connectivity index (χ1n) is 5.80.